The van der Waals surface area contributed by atoms with Gasteiger partial charge in [-0.1, -0.05) is 0 Å². The summed E-state index contributed by atoms with van der Waals surface area (Å²) in [7, 11) is 0. The van der Waals surface area contributed by atoms with Crippen LogP contribution in [0.15, 0.2) is 54.6 Å². The molecule has 0 amide bonds. The molecule has 0 spiro atoms. The summed E-state index contributed by atoms with van der Waals surface area (Å²) in [5, 5.41) is 8.42. The van der Waals surface area contributed by atoms with E-state index in [2.05, 4.69) is 12.1 Å². The van der Waals surface area contributed by atoms with Gasteiger partial charge in [-0.05, 0) is 12.8 Å². The maximum Gasteiger partial charge on any atom is 2.00 e. The molecule has 100 valence electrons. The number of ether oxygens (including phenoxy) is 1. The van der Waals surface area contributed by atoms with Gasteiger partial charge in [0.15, 0.2) is 0 Å². The fraction of sp³-hybridized carbons (Fsp3) is 0.333. The molecule has 0 aliphatic carbocycles. The quantitative estimate of drug-likeness (QED) is 0.503. The van der Waals surface area contributed by atoms with Gasteiger partial charge in [0, 0.05) is 6.61 Å². The molecule has 0 atom stereocenters. The van der Waals surface area contributed by atoms with Crippen LogP contribution in [-0.4, -0.2) is 24.9 Å². The number of aliphatic hydroxyl groups excluding tert-OH is 1. The second-order valence-electron chi connectivity index (χ2n) is 3.69. The van der Waals surface area contributed by atoms with Crippen molar-refractivity contribution in [3.8, 4) is 0 Å². The molecule has 0 aromatic heterocycles. The number of aryl methyl sites for hydroxylation is 1. The van der Waals surface area contributed by atoms with E-state index < -0.39 is 0 Å². The average Bonchev–Trinajstić information content (AvgIpc) is 3.05. The zero-order valence-electron chi connectivity index (χ0n) is 10.4. The molecule has 0 aliphatic heterocycles. The molecule has 0 fully saturated rings. The first-order valence-corrected chi connectivity index (χ1v) is 5.99. The first-order valence-electron chi connectivity index (χ1n) is 5.99. The fourth-order valence-electron chi connectivity index (χ4n) is 1.45. The zero-order valence-corrected chi connectivity index (χ0v) is 11.5. The third-order valence-electron chi connectivity index (χ3n) is 2.28. The second kappa shape index (κ2) is 12.6. The molecule has 0 radical (unpaired) electrons. The maximum atomic E-state index is 8.42. The summed E-state index contributed by atoms with van der Waals surface area (Å²) in [5.74, 6) is 0. The predicted octanol–water partition coefficient (Wildman–Crippen LogP) is 2.75. The number of hydrogen-bond acceptors (Lipinski definition) is 2. The average molecular weight is 288 g/mol. The van der Waals surface area contributed by atoms with Crippen LogP contribution in [0, 0.1) is 0 Å². The molecule has 2 aromatic rings. The van der Waals surface area contributed by atoms with E-state index in [-0.39, 0.29) is 23.7 Å². The molecular weight excluding hydrogens is 268 g/mol. The minimum atomic E-state index is 0. The molecule has 18 heavy (non-hydrogen) atoms. The van der Waals surface area contributed by atoms with Crippen LogP contribution in [-0.2, 0) is 28.2 Å². The molecule has 2 rings (SSSR count). The second-order valence-corrected chi connectivity index (χ2v) is 3.69. The van der Waals surface area contributed by atoms with Gasteiger partial charge in [-0.2, -0.15) is 35.9 Å². The van der Waals surface area contributed by atoms with Crippen LogP contribution in [0.25, 0.3) is 0 Å². The van der Waals surface area contributed by atoms with Crippen LogP contribution in [0.4, 0.5) is 0 Å². The summed E-state index contributed by atoms with van der Waals surface area (Å²) in [4.78, 5) is 0. The Kier molecular flexibility index (Phi) is 12.0. The van der Waals surface area contributed by atoms with Crippen LogP contribution in [0.2, 0.25) is 0 Å². The molecule has 1 N–H and O–H groups in total. The van der Waals surface area contributed by atoms with Crippen molar-refractivity contribution in [1.82, 2.24) is 0 Å². The van der Waals surface area contributed by atoms with Gasteiger partial charge in [0.1, 0.15) is 0 Å². The van der Waals surface area contributed by atoms with Crippen LogP contribution in [0.1, 0.15) is 12.0 Å². The summed E-state index contributed by atoms with van der Waals surface area (Å²) >= 11 is 0. The Morgan fingerprint density at radius 3 is 2.33 bits per heavy atom. The van der Waals surface area contributed by atoms with Crippen LogP contribution < -0.4 is 0 Å². The van der Waals surface area contributed by atoms with Crippen molar-refractivity contribution in [3.63, 3.8) is 0 Å². The molecule has 0 aliphatic rings. The standard InChI is InChI=1S/C10H15O2.C5H5.Fe/c11-7-9-12-8-3-6-10-4-1-2-5-10;1-2-4-5-3-1;/h1-2,4-5,11H,3,6-9H2;1-5H;/q2*-1;+2. The molecule has 2 aromatic carbocycles. The van der Waals surface area contributed by atoms with Gasteiger partial charge in [0.05, 0.1) is 13.2 Å². The third-order valence-corrected chi connectivity index (χ3v) is 2.28. The number of hydrogen-bond donors (Lipinski definition) is 1. The van der Waals surface area contributed by atoms with Gasteiger partial charge >= 0.3 is 17.1 Å². The van der Waals surface area contributed by atoms with E-state index in [1.807, 2.05) is 42.5 Å². The minimum Gasteiger partial charge on any atom is -0.394 e. The first-order chi connectivity index (χ1) is 8.43. The molecule has 2 nitrogen and oxygen atoms in total. The first kappa shape index (κ1) is 17.1. The predicted molar refractivity (Wildman–Crippen MR) is 70.3 cm³/mol. The Morgan fingerprint density at radius 2 is 1.83 bits per heavy atom. The normalized spacial score (nSPS) is 9.17. The molecule has 0 saturated heterocycles. The molecule has 0 unspecified atom stereocenters. The number of rotatable bonds is 6. The molecular formula is C15H20FeO2. The minimum absolute atomic E-state index is 0. The SMILES string of the molecule is OCCOCCCc1ccc[cH-]1.[Fe+2].c1cc[cH-]c1. The Morgan fingerprint density at radius 1 is 1.06 bits per heavy atom. The van der Waals surface area contributed by atoms with Crippen LogP contribution in [0.3, 0.4) is 0 Å². The maximum absolute atomic E-state index is 8.42. The van der Waals surface area contributed by atoms with Crippen molar-refractivity contribution in [3.05, 3.63) is 60.2 Å². The van der Waals surface area contributed by atoms with Gasteiger partial charge in [0.2, 0.25) is 0 Å². The van der Waals surface area contributed by atoms with Crippen molar-refractivity contribution in [2.75, 3.05) is 19.8 Å². The van der Waals surface area contributed by atoms with E-state index in [4.69, 9.17) is 9.84 Å². The Bertz CT molecular complexity index is 310. The third kappa shape index (κ3) is 9.20. The summed E-state index contributed by atoms with van der Waals surface area (Å²) in [5.41, 5.74) is 1.36. The van der Waals surface area contributed by atoms with Crippen LogP contribution >= 0.6 is 0 Å². The summed E-state index contributed by atoms with van der Waals surface area (Å²) < 4.78 is 5.13. The van der Waals surface area contributed by atoms with Crippen molar-refractivity contribution in [1.29, 1.82) is 0 Å². The summed E-state index contributed by atoms with van der Waals surface area (Å²) in [6.45, 7) is 1.32. The van der Waals surface area contributed by atoms with E-state index >= 15 is 0 Å². The topological polar surface area (TPSA) is 29.5 Å². The van der Waals surface area contributed by atoms with Crippen molar-refractivity contribution >= 4 is 0 Å². The summed E-state index contributed by atoms with van der Waals surface area (Å²) in [6, 6.07) is 18.3. The van der Waals surface area contributed by atoms with Gasteiger partial charge in [0.25, 0.3) is 0 Å². The molecule has 3 heteroatoms. The van der Waals surface area contributed by atoms with Crippen molar-refractivity contribution in [2.45, 2.75) is 12.8 Å². The zero-order chi connectivity index (χ0) is 12.2. The van der Waals surface area contributed by atoms with Gasteiger partial charge < -0.3 is 9.84 Å². The summed E-state index contributed by atoms with van der Waals surface area (Å²) in [6.07, 6.45) is 2.10. The van der Waals surface area contributed by atoms with Gasteiger partial charge in [-0.25, -0.2) is 24.3 Å². The Hall–Kier alpha value is -0.861. The molecule has 0 heterocycles. The van der Waals surface area contributed by atoms with Crippen LogP contribution in [0.5, 0.6) is 0 Å². The largest absolute Gasteiger partial charge is 2.00 e. The van der Waals surface area contributed by atoms with E-state index in [0.717, 1.165) is 19.4 Å². The molecule has 0 saturated carbocycles. The van der Waals surface area contributed by atoms with Crippen molar-refractivity contribution < 1.29 is 26.9 Å². The molecule has 0 bridgehead atoms. The Labute approximate surface area is 120 Å². The monoisotopic (exact) mass is 288 g/mol. The van der Waals surface area contributed by atoms with Gasteiger partial charge in [-0.15, -0.1) is 0 Å². The van der Waals surface area contributed by atoms with E-state index in [0.29, 0.717) is 6.61 Å². The van der Waals surface area contributed by atoms with E-state index in [1.165, 1.54) is 5.56 Å². The Balaban J connectivity index is 0.000000405. The van der Waals surface area contributed by atoms with E-state index in [9.17, 15) is 0 Å². The van der Waals surface area contributed by atoms with E-state index in [1.54, 1.807) is 0 Å². The number of aliphatic hydroxyl groups is 1. The smallest absolute Gasteiger partial charge is 0.394 e. The fourth-order valence-corrected chi connectivity index (χ4v) is 1.45. The van der Waals surface area contributed by atoms with Gasteiger partial charge in [-0.3, -0.25) is 0 Å². The van der Waals surface area contributed by atoms with Crippen molar-refractivity contribution in [2.24, 2.45) is 0 Å².